The van der Waals surface area contributed by atoms with Gasteiger partial charge in [0.15, 0.2) is 5.82 Å². The van der Waals surface area contributed by atoms with Gasteiger partial charge in [0, 0.05) is 42.7 Å². The molecule has 2 N–H and O–H groups in total. The van der Waals surface area contributed by atoms with Crippen LogP contribution >= 0.6 is 24.8 Å². The molecule has 0 saturated carbocycles. The molecular weight excluding hydrogens is 552 g/mol. The van der Waals surface area contributed by atoms with Gasteiger partial charge >= 0.3 is 6.01 Å². The molecule has 2 aliphatic rings. The third kappa shape index (κ3) is 5.77. The fraction of sp³-hybridized carbons (Fsp3) is 0.400. The van der Waals surface area contributed by atoms with Crippen molar-refractivity contribution in [3.63, 3.8) is 0 Å². The molecule has 2 atom stereocenters. The van der Waals surface area contributed by atoms with Crippen LogP contribution in [0.25, 0.3) is 32.8 Å². The van der Waals surface area contributed by atoms with Gasteiger partial charge in [-0.3, -0.25) is 0 Å². The monoisotopic (exact) mass is 587 g/mol. The Hall–Kier alpha value is -2.91. The van der Waals surface area contributed by atoms with Crippen LogP contribution in [0.15, 0.2) is 42.5 Å². The van der Waals surface area contributed by atoms with Crippen molar-refractivity contribution in [1.82, 2.24) is 20.2 Å². The maximum absolute atomic E-state index is 16.6. The van der Waals surface area contributed by atoms with Crippen molar-refractivity contribution >= 4 is 52.3 Å². The molecule has 40 heavy (non-hydrogen) atoms. The number of aromatic nitrogens is 2. The number of phenolic OH excluding ortho intramolecular Hbond substituents is 1. The molecule has 2 aliphatic heterocycles. The Kier molecular flexibility index (Phi) is 9.25. The third-order valence-corrected chi connectivity index (χ3v) is 7.70. The number of benzene rings is 3. The first-order chi connectivity index (χ1) is 18.4. The van der Waals surface area contributed by atoms with Crippen LogP contribution < -0.4 is 15.0 Å². The van der Waals surface area contributed by atoms with Gasteiger partial charge < -0.3 is 25.0 Å². The maximum Gasteiger partial charge on any atom is 0.319 e. The molecule has 1 aromatic heterocycles. The summed E-state index contributed by atoms with van der Waals surface area (Å²) in [6.45, 7) is 4.88. The maximum atomic E-state index is 16.6. The van der Waals surface area contributed by atoms with Gasteiger partial charge in [-0.05, 0) is 80.4 Å². The van der Waals surface area contributed by atoms with Gasteiger partial charge in [0.2, 0.25) is 0 Å². The zero-order valence-electron chi connectivity index (χ0n) is 23.0. The van der Waals surface area contributed by atoms with Crippen LogP contribution in [0.1, 0.15) is 24.8 Å². The number of phenols is 1. The molecule has 2 fully saturated rings. The first-order valence-electron chi connectivity index (χ1n) is 13.4. The van der Waals surface area contributed by atoms with E-state index < -0.39 is 5.82 Å². The van der Waals surface area contributed by atoms with Crippen molar-refractivity contribution < 1.29 is 14.2 Å². The zero-order chi connectivity index (χ0) is 26.4. The first kappa shape index (κ1) is 30.1. The Morgan fingerprint density at radius 3 is 2.50 bits per heavy atom. The summed E-state index contributed by atoms with van der Waals surface area (Å²) in [6.07, 6.45) is 3.10. The van der Waals surface area contributed by atoms with Crippen LogP contribution in [-0.4, -0.2) is 72.4 Å². The summed E-state index contributed by atoms with van der Waals surface area (Å²) < 4.78 is 22.6. The van der Waals surface area contributed by atoms with E-state index in [9.17, 15) is 5.11 Å². The number of piperazine rings is 1. The number of nitrogens with one attached hydrogen (secondary N) is 1. The normalized spacial score (nSPS) is 18.2. The van der Waals surface area contributed by atoms with Crippen LogP contribution in [0.3, 0.4) is 0 Å². The smallest absolute Gasteiger partial charge is 0.319 e. The molecule has 0 radical (unpaired) electrons. The number of nitrogens with zero attached hydrogens (tertiary/aromatic N) is 4. The molecule has 0 unspecified atom stereocenters. The van der Waals surface area contributed by atoms with E-state index in [1.54, 1.807) is 12.1 Å². The summed E-state index contributed by atoms with van der Waals surface area (Å²) >= 11 is 0. The Labute approximate surface area is 246 Å². The average Bonchev–Trinajstić information content (AvgIpc) is 3.23. The van der Waals surface area contributed by atoms with Crippen LogP contribution in [0, 0.1) is 12.7 Å². The molecule has 214 valence electrons. The quantitative estimate of drug-likeness (QED) is 0.268. The topological polar surface area (TPSA) is 73.8 Å². The van der Waals surface area contributed by atoms with E-state index in [1.807, 2.05) is 51.4 Å². The van der Waals surface area contributed by atoms with E-state index in [4.69, 9.17) is 9.72 Å². The number of hydrogen-bond acceptors (Lipinski definition) is 7. The minimum atomic E-state index is -0.421. The van der Waals surface area contributed by atoms with Crippen molar-refractivity contribution in [3.05, 3.63) is 53.8 Å². The highest BCUT2D eigenvalue weighted by atomic mass is 35.5. The standard InChI is InChI=1S/C30H34FN5O2.2ClH/c1-18-13-25-28(27(31)26(18)24-15-22(37)14-19-7-4-5-8-23(19)24)33-30(38-12-6-11-35(2)3)34-29(25)36-16-20-9-10-21(17-36)32-20;;/h4-5,7-8,13-15,20-21,32,37H,6,9-12,16-17H2,1-3H3;2*1H/t20-,21+;;. The fourth-order valence-corrected chi connectivity index (χ4v) is 5.97. The van der Waals surface area contributed by atoms with Gasteiger partial charge in [-0.15, -0.1) is 24.8 Å². The molecule has 2 saturated heterocycles. The molecule has 4 aromatic rings. The average molecular weight is 589 g/mol. The van der Waals surface area contributed by atoms with E-state index in [2.05, 4.69) is 20.1 Å². The second-order valence-corrected chi connectivity index (χ2v) is 10.9. The fourth-order valence-electron chi connectivity index (χ4n) is 5.97. The number of aromatic hydroxyl groups is 1. The molecule has 6 rings (SSSR count). The van der Waals surface area contributed by atoms with Crippen LogP contribution in [-0.2, 0) is 0 Å². The Morgan fingerprint density at radius 2 is 1.77 bits per heavy atom. The second kappa shape index (κ2) is 12.3. The molecule has 2 bridgehead atoms. The van der Waals surface area contributed by atoms with Crippen LogP contribution in [0.2, 0.25) is 0 Å². The molecule has 0 spiro atoms. The first-order valence-corrected chi connectivity index (χ1v) is 13.4. The highest BCUT2D eigenvalue weighted by molar-refractivity contribution is 6.02. The summed E-state index contributed by atoms with van der Waals surface area (Å²) in [5, 5.41) is 16.5. The number of fused-ring (bicyclic) bond motifs is 4. The van der Waals surface area contributed by atoms with Gasteiger partial charge in [0.25, 0.3) is 0 Å². The summed E-state index contributed by atoms with van der Waals surface area (Å²) in [5.74, 6) is 0.406. The van der Waals surface area contributed by atoms with E-state index in [-0.39, 0.29) is 42.1 Å². The van der Waals surface area contributed by atoms with Gasteiger partial charge in [-0.2, -0.15) is 9.97 Å². The Bertz CT molecular complexity index is 1510. The largest absolute Gasteiger partial charge is 0.508 e. The van der Waals surface area contributed by atoms with Gasteiger partial charge in [-0.1, -0.05) is 24.3 Å². The van der Waals surface area contributed by atoms with Crippen molar-refractivity contribution in [2.24, 2.45) is 0 Å². The van der Waals surface area contributed by atoms with Crippen LogP contribution in [0.4, 0.5) is 10.2 Å². The van der Waals surface area contributed by atoms with Crippen molar-refractivity contribution in [2.75, 3.05) is 45.2 Å². The molecule has 3 heterocycles. The molecule has 0 amide bonds. The molecule has 10 heteroatoms. The molecule has 7 nitrogen and oxygen atoms in total. The molecular formula is C30H36Cl2FN5O2. The van der Waals surface area contributed by atoms with Gasteiger partial charge in [-0.25, -0.2) is 4.39 Å². The van der Waals surface area contributed by atoms with Crippen molar-refractivity contribution in [3.8, 4) is 22.9 Å². The number of hydrogen-bond donors (Lipinski definition) is 2. The predicted molar refractivity (Wildman–Crippen MR) is 164 cm³/mol. The summed E-state index contributed by atoms with van der Waals surface area (Å²) in [4.78, 5) is 13.8. The lowest BCUT2D eigenvalue weighted by molar-refractivity contribution is 0.264. The van der Waals surface area contributed by atoms with Gasteiger partial charge in [0.1, 0.15) is 17.1 Å². The van der Waals surface area contributed by atoms with Crippen molar-refractivity contribution in [1.29, 1.82) is 0 Å². The summed E-state index contributed by atoms with van der Waals surface area (Å²) in [5.41, 5.74) is 2.10. The molecule has 0 aliphatic carbocycles. The lowest BCUT2D eigenvalue weighted by Crippen LogP contribution is -2.51. The number of ether oxygens (including phenoxy) is 1. The predicted octanol–water partition coefficient (Wildman–Crippen LogP) is 5.72. The highest BCUT2D eigenvalue weighted by Gasteiger charge is 2.34. The third-order valence-electron chi connectivity index (χ3n) is 7.70. The van der Waals surface area contributed by atoms with Crippen molar-refractivity contribution in [2.45, 2.75) is 38.3 Å². The lowest BCUT2D eigenvalue weighted by Gasteiger charge is -2.34. The van der Waals surface area contributed by atoms with E-state index in [0.717, 1.165) is 61.1 Å². The number of aryl methyl sites for hydroxylation is 1. The SMILES string of the molecule is Cc1cc2c(N3C[C@H]4CC[C@@H](C3)N4)nc(OCCCN(C)C)nc2c(F)c1-c1cc(O)cc2ccccc12.Cl.Cl. The summed E-state index contributed by atoms with van der Waals surface area (Å²) in [6, 6.07) is 14.1. The number of rotatable bonds is 7. The minimum Gasteiger partial charge on any atom is -0.508 e. The van der Waals surface area contributed by atoms with Crippen LogP contribution in [0.5, 0.6) is 11.8 Å². The van der Waals surface area contributed by atoms with E-state index in [1.165, 1.54) is 0 Å². The van der Waals surface area contributed by atoms with E-state index in [0.29, 0.717) is 35.2 Å². The number of halogens is 3. The van der Waals surface area contributed by atoms with Gasteiger partial charge in [0.05, 0.1) is 6.61 Å². The Morgan fingerprint density at radius 1 is 1.05 bits per heavy atom. The highest BCUT2D eigenvalue weighted by Crippen LogP contribution is 2.40. The molecule has 3 aromatic carbocycles. The van der Waals surface area contributed by atoms with E-state index >= 15 is 4.39 Å². The summed E-state index contributed by atoms with van der Waals surface area (Å²) in [7, 11) is 4.04. The second-order valence-electron chi connectivity index (χ2n) is 10.9. The zero-order valence-corrected chi connectivity index (χ0v) is 24.6. The Balaban J connectivity index is 0.00000185. The minimum absolute atomic E-state index is 0. The lowest BCUT2D eigenvalue weighted by atomic mass is 9.93. The number of anilines is 1.